The second kappa shape index (κ2) is 6.62. The molecule has 2 N–H and O–H groups in total. The molecular weight excluding hydrogens is 319 g/mol. The van der Waals surface area contributed by atoms with Crippen molar-refractivity contribution >= 4 is 28.9 Å². The van der Waals surface area contributed by atoms with E-state index in [0.29, 0.717) is 36.0 Å². The summed E-state index contributed by atoms with van der Waals surface area (Å²) in [7, 11) is 0. The van der Waals surface area contributed by atoms with Gasteiger partial charge in [-0.2, -0.15) is 0 Å². The highest BCUT2D eigenvalue weighted by Gasteiger charge is 2.13. The van der Waals surface area contributed by atoms with Crippen molar-refractivity contribution in [1.29, 1.82) is 0 Å². The number of anilines is 1. The first-order chi connectivity index (χ1) is 11.1. The van der Waals surface area contributed by atoms with Crippen LogP contribution in [-0.2, 0) is 0 Å². The van der Waals surface area contributed by atoms with Crippen molar-refractivity contribution < 1.29 is 18.7 Å². The minimum Gasteiger partial charge on any atom is -0.486 e. The molecule has 5 nitrogen and oxygen atoms in total. The summed E-state index contributed by atoms with van der Waals surface area (Å²) in [5.41, 5.74) is 0.983. The number of amides is 1. The Hall–Kier alpha value is -2.67. The van der Waals surface area contributed by atoms with Gasteiger partial charge in [-0.25, -0.2) is 4.39 Å². The summed E-state index contributed by atoms with van der Waals surface area (Å²) in [6.07, 6.45) is 0. The average molecular weight is 332 g/mol. The second-order valence-electron chi connectivity index (χ2n) is 4.77. The summed E-state index contributed by atoms with van der Waals surface area (Å²) in [5.74, 6) is 0.468. The molecule has 1 aliphatic heterocycles. The number of fused-ring (bicyclic) bond motifs is 1. The topological polar surface area (TPSA) is 59.6 Å². The number of hydrogen-bond acceptors (Lipinski definition) is 4. The van der Waals surface area contributed by atoms with Crippen molar-refractivity contribution in [1.82, 2.24) is 5.32 Å². The van der Waals surface area contributed by atoms with E-state index in [1.54, 1.807) is 18.2 Å². The largest absolute Gasteiger partial charge is 0.486 e. The van der Waals surface area contributed by atoms with Crippen molar-refractivity contribution in [2.45, 2.75) is 0 Å². The number of carbonyl (C=O) groups excluding carboxylic acids is 1. The number of thiocarbonyl (C=S) groups is 1. The Morgan fingerprint density at radius 1 is 1.04 bits per heavy atom. The molecule has 7 heteroatoms. The molecule has 2 aromatic carbocycles. The lowest BCUT2D eigenvalue weighted by atomic mass is 10.2. The molecule has 2 aromatic rings. The number of hydrogen-bond donors (Lipinski definition) is 2. The molecule has 0 radical (unpaired) electrons. The van der Waals surface area contributed by atoms with E-state index in [1.807, 2.05) is 0 Å². The van der Waals surface area contributed by atoms with Crippen molar-refractivity contribution in [3.8, 4) is 11.5 Å². The quantitative estimate of drug-likeness (QED) is 0.828. The molecule has 0 atom stereocenters. The van der Waals surface area contributed by atoms with E-state index < -0.39 is 11.7 Å². The summed E-state index contributed by atoms with van der Waals surface area (Å²) >= 11 is 5.10. The van der Waals surface area contributed by atoms with E-state index in [9.17, 15) is 9.18 Å². The van der Waals surface area contributed by atoms with Gasteiger partial charge < -0.3 is 14.8 Å². The van der Waals surface area contributed by atoms with Gasteiger partial charge in [0.15, 0.2) is 16.6 Å². The summed E-state index contributed by atoms with van der Waals surface area (Å²) < 4.78 is 23.8. The number of carbonyl (C=O) groups is 1. The maximum Gasteiger partial charge on any atom is 0.257 e. The molecule has 0 aromatic heterocycles. The monoisotopic (exact) mass is 332 g/mol. The summed E-state index contributed by atoms with van der Waals surface area (Å²) in [6.45, 7) is 1.01. The van der Waals surface area contributed by atoms with Crippen LogP contribution < -0.4 is 20.1 Å². The SMILES string of the molecule is O=C(NC(=S)Nc1ccc2c(c1)OCCO2)c1ccc(F)cc1. The standard InChI is InChI=1S/C16H13FN2O3S/c17-11-3-1-10(2-4-11)15(20)19-16(23)18-12-5-6-13-14(9-12)22-8-7-21-13/h1-6,9H,7-8H2,(H2,18,19,20,23). The van der Waals surface area contributed by atoms with E-state index in [-0.39, 0.29) is 5.11 Å². The molecule has 0 unspecified atom stereocenters. The van der Waals surface area contributed by atoms with Crippen LogP contribution in [0.25, 0.3) is 0 Å². The third kappa shape index (κ3) is 3.75. The van der Waals surface area contributed by atoms with Gasteiger partial charge in [0.25, 0.3) is 5.91 Å². The van der Waals surface area contributed by atoms with Crippen molar-refractivity contribution in [2.75, 3.05) is 18.5 Å². The number of ether oxygens (including phenoxy) is 2. The minimum absolute atomic E-state index is 0.135. The number of benzene rings is 2. The van der Waals surface area contributed by atoms with Gasteiger partial charge in [-0.1, -0.05) is 0 Å². The zero-order valence-electron chi connectivity index (χ0n) is 12.0. The molecule has 0 saturated carbocycles. The van der Waals surface area contributed by atoms with Crippen LogP contribution in [0.3, 0.4) is 0 Å². The maximum absolute atomic E-state index is 12.8. The molecule has 1 amide bonds. The summed E-state index contributed by atoms with van der Waals surface area (Å²) in [4.78, 5) is 12.0. The van der Waals surface area contributed by atoms with E-state index in [2.05, 4.69) is 10.6 Å². The average Bonchev–Trinajstić information content (AvgIpc) is 2.55. The van der Waals surface area contributed by atoms with Gasteiger partial charge in [-0.15, -0.1) is 0 Å². The molecule has 0 bridgehead atoms. The lowest BCUT2D eigenvalue weighted by Crippen LogP contribution is -2.34. The Morgan fingerprint density at radius 2 is 1.74 bits per heavy atom. The fraction of sp³-hybridized carbons (Fsp3) is 0.125. The summed E-state index contributed by atoms with van der Waals surface area (Å²) in [5, 5.41) is 5.56. The first-order valence-corrected chi connectivity index (χ1v) is 7.30. The number of nitrogens with one attached hydrogen (secondary N) is 2. The van der Waals surface area contributed by atoms with Gasteiger partial charge in [-0.05, 0) is 48.6 Å². The molecule has 1 heterocycles. The Morgan fingerprint density at radius 3 is 2.48 bits per heavy atom. The van der Waals surface area contributed by atoms with Crippen LogP contribution in [0.2, 0.25) is 0 Å². The van der Waals surface area contributed by atoms with Crippen LogP contribution in [0.4, 0.5) is 10.1 Å². The fourth-order valence-corrected chi connectivity index (χ4v) is 2.27. The van der Waals surface area contributed by atoms with Gasteiger partial charge in [0.2, 0.25) is 0 Å². The molecule has 1 aliphatic rings. The lowest BCUT2D eigenvalue weighted by Gasteiger charge is -2.19. The normalized spacial score (nSPS) is 12.4. The van der Waals surface area contributed by atoms with Crippen LogP contribution >= 0.6 is 12.2 Å². The molecule has 0 fully saturated rings. The van der Waals surface area contributed by atoms with Crippen molar-refractivity contribution in [2.24, 2.45) is 0 Å². The van der Waals surface area contributed by atoms with Crippen LogP contribution in [0.1, 0.15) is 10.4 Å². The van der Waals surface area contributed by atoms with Crippen LogP contribution in [0.15, 0.2) is 42.5 Å². The van der Waals surface area contributed by atoms with E-state index >= 15 is 0 Å². The van der Waals surface area contributed by atoms with Gasteiger partial charge in [-0.3, -0.25) is 10.1 Å². The highest BCUT2D eigenvalue weighted by molar-refractivity contribution is 7.80. The van der Waals surface area contributed by atoms with Gasteiger partial charge in [0, 0.05) is 17.3 Å². The fourth-order valence-electron chi connectivity index (χ4n) is 2.06. The van der Waals surface area contributed by atoms with Crippen LogP contribution in [0, 0.1) is 5.82 Å². The first kappa shape index (κ1) is 15.2. The Labute approximate surface area is 137 Å². The molecule has 0 spiro atoms. The zero-order chi connectivity index (χ0) is 16.2. The van der Waals surface area contributed by atoms with Gasteiger partial charge in [0.05, 0.1) is 0 Å². The maximum atomic E-state index is 12.8. The smallest absolute Gasteiger partial charge is 0.257 e. The molecule has 0 saturated heterocycles. The molecular formula is C16H13FN2O3S. The predicted octanol–water partition coefficient (Wildman–Crippen LogP) is 2.72. The number of rotatable bonds is 2. The third-order valence-electron chi connectivity index (χ3n) is 3.13. The van der Waals surface area contributed by atoms with E-state index in [4.69, 9.17) is 21.7 Å². The first-order valence-electron chi connectivity index (χ1n) is 6.89. The van der Waals surface area contributed by atoms with E-state index in [1.165, 1.54) is 24.3 Å². The van der Waals surface area contributed by atoms with Crippen LogP contribution in [-0.4, -0.2) is 24.2 Å². The van der Waals surface area contributed by atoms with Crippen LogP contribution in [0.5, 0.6) is 11.5 Å². The zero-order valence-corrected chi connectivity index (χ0v) is 12.8. The Kier molecular flexibility index (Phi) is 4.38. The molecule has 118 valence electrons. The lowest BCUT2D eigenvalue weighted by molar-refractivity contribution is 0.0977. The minimum atomic E-state index is -0.417. The summed E-state index contributed by atoms with van der Waals surface area (Å²) in [6, 6.07) is 10.5. The number of halogens is 1. The molecule has 3 rings (SSSR count). The molecule has 23 heavy (non-hydrogen) atoms. The van der Waals surface area contributed by atoms with Crippen molar-refractivity contribution in [3.63, 3.8) is 0 Å². The van der Waals surface area contributed by atoms with Gasteiger partial charge >= 0.3 is 0 Å². The third-order valence-corrected chi connectivity index (χ3v) is 3.34. The molecule has 0 aliphatic carbocycles. The second-order valence-corrected chi connectivity index (χ2v) is 5.18. The highest BCUT2D eigenvalue weighted by Crippen LogP contribution is 2.32. The Bertz CT molecular complexity index is 749. The van der Waals surface area contributed by atoms with E-state index in [0.717, 1.165) is 0 Å². The Balaban J connectivity index is 1.63. The van der Waals surface area contributed by atoms with Gasteiger partial charge in [0.1, 0.15) is 19.0 Å². The van der Waals surface area contributed by atoms with Crippen molar-refractivity contribution in [3.05, 3.63) is 53.8 Å². The predicted molar refractivity (Wildman–Crippen MR) is 87.5 cm³/mol. The highest BCUT2D eigenvalue weighted by atomic mass is 32.1.